The third kappa shape index (κ3) is 1.57. The fourth-order valence-electron chi connectivity index (χ4n) is 1.69. The van der Waals surface area contributed by atoms with Crippen LogP contribution in [0.25, 0.3) is 11.3 Å². The van der Waals surface area contributed by atoms with E-state index >= 15 is 0 Å². The Morgan fingerprint density at radius 2 is 2.06 bits per heavy atom. The summed E-state index contributed by atoms with van der Waals surface area (Å²) in [5.41, 5.74) is 5.67. The standard InChI is InChI=1S/C11H9FN2O3/c12-10-6(8-5-9(13)14-17-8)1-2-7-11(10)16-4-3-15-7/h1-2,5H,3-4H2,(H2,13,14). The molecule has 1 aromatic carbocycles. The van der Waals surface area contributed by atoms with Crippen molar-refractivity contribution in [3.63, 3.8) is 0 Å². The maximum absolute atomic E-state index is 14.1. The van der Waals surface area contributed by atoms with E-state index < -0.39 is 5.82 Å². The van der Waals surface area contributed by atoms with Gasteiger partial charge in [-0.3, -0.25) is 0 Å². The van der Waals surface area contributed by atoms with Gasteiger partial charge in [0.2, 0.25) is 0 Å². The number of nitrogens with two attached hydrogens (primary N) is 1. The monoisotopic (exact) mass is 236 g/mol. The lowest BCUT2D eigenvalue weighted by atomic mass is 10.1. The summed E-state index contributed by atoms with van der Waals surface area (Å²) in [6.45, 7) is 0.743. The molecule has 0 radical (unpaired) electrons. The summed E-state index contributed by atoms with van der Waals surface area (Å²) in [6.07, 6.45) is 0. The number of rotatable bonds is 1. The molecule has 2 aromatic rings. The van der Waals surface area contributed by atoms with Gasteiger partial charge in [0.25, 0.3) is 0 Å². The van der Waals surface area contributed by atoms with E-state index in [1.807, 2.05) is 0 Å². The zero-order valence-corrected chi connectivity index (χ0v) is 8.77. The molecule has 1 aromatic heterocycles. The highest BCUT2D eigenvalue weighted by Gasteiger charge is 2.22. The Kier molecular flexibility index (Phi) is 2.14. The molecule has 2 N–H and O–H groups in total. The molecule has 6 heteroatoms. The van der Waals surface area contributed by atoms with Crippen molar-refractivity contribution in [2.75, 3.05) is 18.9 Å². The van der Waals surface area contributed by atoms with Crippen molar-refractivity contribution < 1.29 is 18.4 Å². The quantitative estimate of drug-likeness (QED) is 0.817. The summed E-state index contributed by atoms with van der Waals surface area (Å²) < 4.78 is 29.5. The summed E-state index contributed by atoms with van der Waals surface area (Å²) in [5, 5.41) is 3.51. The van der Waals surface area contributed by atoms with E-state index in [0.29, 0.717) is 19.0 Å². The topological polar surface area (TPSA) is 70.5 Å². The Balaban J connectivity index is 2.12. The van der Waals surface area contributed by atoms with Crippen LogP contribution >= 0.6 is 0 Å². The Labute approximate surface area is 95.9 Å². The molecule has 0 unspecified atom stereocenters. The number of fused-ring (bicyclic) bond motifs is 1. The van der Waals surface area contributed by atoms with Gasteiger partial charge in [-0.2, -0.15) is 0 Å². The third-order valence-corrected chi connectivity index (χ3v) is 2.44. The molecule has 1 aliphatic heterocycles. The third-order valence-electron chi connectivity index (χ3n) is 2.44. The van der Waals surface area contributed by atoms with E-state index in [0.717, 1.165) is 0 Å². The zero-order chi connectivity index (χ0) is 11.8. The minimum atomic E-state index is -0.529. The van der Waals surface area contributed by atoms with Crippen molar-refractivity contribution in [1.29, 1.82) is 0 Å². The van der Waals surface area contributed by atoms with Gasteiger partial charge in [-0.15, -0.1) is 0 Å². The van der Waals surface area contributed by atoms with Crippen molar-refractivity contribution in [2.24, 2.45) is 0 Å². The normalized spacial score (nSPS) is 13.7. The van der Waals surface area contributed by atoms with Gasteiger partial charge < -0.3 is 19.7 Å². The molecule has 0 fully saturated rings. The fourth-order valence-corrected chi connectivity index (χ4v) is 1.69. The minimum absolute atomic E-state index is 0.101. The van der Waals surface area contributed by atoms with Gasteiger partial charge in [0.1, 0.15) is 13.2 Å². The highest BCUT2D eigenvalue weighted by molar-refractivity contribution is 5.65. The summed E-state index contributed by atoms with van der Waals surface area (Å²) in [5.74, 6) is 0.429. The number of ether oxygens (including phenoxy) is 2. The van der Waals surface area contributed by atoms with E-state index in [-0.39, 0.29) is 22.9 Å². The molecular weight excluding hydrogens is 227 g/mol. The summed E-state index contributed by atoms with van der Waals surface area (Å²) in [4.78, 5) is 0. The average Bonchev–Trinajstić information content (AvgIpc) is 2.77. The van der Waals surface area contributed by atoms with E-state index in [9.17, 15) is 4.39 Å². The first kappa shape index (κ1) is 9.95. The fraction of sp³-hybridized carbons (Fsp3) is 0.182. The summed E-state index contributed by atoms with van der Waals surface area (Å²) in [6, 6.07) is 4.63. The second-order valence-corrected chi connectivity index (χ2v) is 3.57. The Morgan fingerprint density at radius 1 is 1.24 bits per heavy atom. The second-order valence-electron chi connectivity index (χ2n) is 3.57. The largest absolute Gasteiger partial charge is 0.486 e. The van der Waals surface area contributed by atoms with Gasteiger partial charge in [-0.25, -0.2) is 4.39 Å². The summed E-state index contributed by atoms with van der Waals surface area (Å²) in [7, 11) is 0. The van der Waals surface area contributed by atoms with Gasteiger partial charge in [0.05, 0.1) is 5.56 Å². The van der Waals surface area contributed by atoms with Gasteiger partial charge in [-0.1, -0.05) is 5.16 Å². The van der Waals surface area contributed by atoms with Crippen LogP contribution in [-0.4, -0.2) is 18.4 Å². The predicted molar refractivity (Wildman–Crippen MR) is 57.3 cm³/mol. The number of benzene rings is 1. The van der Waals surface area contributed by atoms with Gasteiger partial charge in [0.15, 0.2) is 28.9 Å². The van der Waals surface area contributed by atoms with E-state index in [1.54, 1.807) is 12.1 Å². The average molecular weight is 236 g/mol. The van der Waals surface area contributed by atoms with Crippen LogP contribution in [-0.2, 0) is 0 Å². The Hall–Kier alpha value is -2.24. The molecule has 17 heavy (non-hydrogen) atoms. The van der Waals surface area contributed by atoms with Crippen molar-refractivity contribution in [3.05, 3.63) is 24.0 Å². The van der Waals surface area contributed by atoms with Crippen LogP contribution in [0, 0.1) is 5.82 Å². The number of nitrogen functional groups attached to an aromatic ring is 1. The lowest BCUT2D eigenvalue weighted by Gasteiger charge is -2.19. The maximum atomic E-state index is 14.1. The number of halogens is 1. The number of anilines is 1. The molecular formula is C11H9FN2O3. The van der Waals surface area contributed by atoms with Crippen molar-refractivity contribution in [2.45, 2.75) is 0 Å². The molecule has 0 atom stereocenters. The minimum Gasteiger partial charge on any atom is -0.486 e. The molecule has 2 heterocycles. The van der Waals surface area contributed by atoms with Crippen LogP contribution in [0.15, 0.2) is 22.7 Å². The maximum Gasteiger partial charge on any atom is 0.197 e. The molecule has 0 bridgehead atoms. The zero-order valence-electron chi connectivity index (χ0n) is 8.77. The molecule has 1 aliphatic rings. The van der Waals surface area contributed by atoms with E-state index in [4.69, 9.17) is 19.7 Å². The molecule has 0 saturated heterocycles. The second kappa shape index (κ2) is 3.65. The SMILES string of the molecule is Nc1cc(-c2ccc3c(c2F)OCCO3)on1. The molecule has 0 saturated carbocycles. The number of nitrogens with zero attached hydrogens (tertiary/aromatic N) is 1. The van der Waals surface area contributed by atoms with Crippen LogP contribution in [0.5, 0.6) is 11.5 Å². The smallest absolute Gasteiger partial charge is 0.197 e. The van der Waals surface area contributed by atoms with Gasteiger partial charge in [-0.05, 0) is 12.1 Å². The first-order valence-electron chi connectivity index (χ1n) is 5.06. The van der Waals surface area contributed by atoms with Crippen LogP contribution in [0.3, 0.4) is 0 Å². The van der Waals surface area contributed by atoms with Crippen molar-refractivity contribution >= 4 is 5.82 Å². The van der Waals surface area contributed by atoms with Crippen LogP contribution < -0.4 is 15.2 Å². The molecule has 5 nitrogen and oxygen atoms in total. The van der Waals surface area contributed by atoms with E-state index in [2.05, 4.69) is 5.16 Å². The highest BCUT2D eigenvalue weighted by Crippen LogP contribution is 2.38. The lowest BCUT2D eigenvalue weighted by molar-refractivity contribution is 0.164. The van der Waals surface area contributed by atoms with Crippen LogP contribution in [0.2, 0.25) is 0 Å². The van der Waals surface area contributed by atoms with Crippen LogP contribution in [0.4, 0.5) is 10.2 Å². The highest BCUT2D eigenvalue weighted by atomic mass is 19.1. The molecule has 0 amide bonds. The first-order valence-corrected chi connectivity index (χ1v) is 5.06. The van der Waals surface area contributed by atoms with Gasteiger partial charge >= 0.3 is 0 Å². The predicted octanol–water partition coefficient (Wildman–Crippen LogP) is 1.83. The van der Waals surface area contributed by atoms with E-state index in [1.165, 1.54) is 6.07 Å². The summed E-state index contributed by atoms with van der Waals surface area (Å²) >= 11 is 0. The Bertz CT molecular complexity index is 568. The molecule has 88 valence electrons. The van der Waals surface area contributed by atoms with Crippen molar-refractivity contribution in [1.82, 2.24) is 5.16 Å². The number of hydrogen-bond acceptors (Lipinski definition) is 5. The lowest BCUT2D eigenvalue weighted by Crippen LogP contribution is -2.16. The van der Waals surface area contributed by atoms with Gasteiger partial charge in [0, 0.05) is 6.07 Å². The van der Waals surface area contributed by atoms with Crippen molar-refractivity contribution in [3.8, 4) is 22.8 Å². The number of hydrogen-bond donors (Lipinski definition) is 1. The van der Waals surface area contributed by atoms with Crippen LogP contribution in [0.1, 0.15) is 0 Å². The number of aromatic nitrogens is 1. The molecule has 3 rings (SSSR count). The first-order chi connectivity index (χ1) is 8.25. The molecule has 0 spiro atoms. The molecule has 0 aliphatic carbocycles. The Morgan fingerprint density at radius 3 is 2.82 bits per heavy atom.